The zero-order chi connectivity index (χ0) is 15.0. The van der Waals surface area contributed by atoms with E-state index in [4.69, 9.17) is 10.00 Å². The zero-order valence-corrected chi connectivity index (χ0v) is 11.8. The smallest absolute Gasteiger partial charge is 0.233 e. The van der Waals surface area contributed by atoms with Gasteiger partial charge < -0.3 is 4.74 Å². The van der Waals surface area contributed by atoms with Crippen molar-refractivity contribution >= 4 is 11.8 Å². The van der Waals surface area contributed by atoms with Gasteiger partial charge in [0, 0.05) is 5.56 Å². The topological polar surface area (TPSA) is 70.4 Å². The molecule has 1 saturated heterocycles. The zero-order valence-electron chi connectivity index (χ0n) is 11.8. The van der Waals surface area contributed by atoms with Crippen LogP contribution in [-0.2, 0) is 16.1 Å². The lowest BCUT2D eigenvalue weighted by Crippen LogP contribution is -2.31. The van der Waals surface area contributed by atoms with Gasteiger partial charge in [-0.1, -0.05) is 6.42 Å². The van der Waals surface area contributed by atoms with Gasteiger partial charge in [0.15, 0.2) is 0 Å². The maximum Gasteiger partial charge on any atom is 0.233 e. The predicted octanol–water partition coefficient (Wildman–Crippen LogP) is 1.85. The molecular weight excluding hydrogens is 268 g/mol. The van der Waals surface area contributed by atoms with Gasteiger partial charge in [0.25, 0.3) is 0 Å². The normalized spacial score (nSPS) is 24.1. The number of carbonyl (C=O) groups is 2. The summed E-state index contributed by atoms with van der Waals surface area (Å²) in [4.78, 5) is 26.0. The molecule has 108 valence electrons. The van der Waals surface area contributed by atoms with E-state index < -0.39 is 0 Å². The second-order valence-electron chi connectivity index (χ2n) is 5.54. The third-order valence-corrected chi connectivity index (χ3v) is 4.42. The number of nitrogens with zero attached hydrogens (tertiary/aromatic N) is 2. The summed E-state index contributed by atoms with van der Waals surface area (Å²) >= 11 is 0. The number of benzene rings is 1. The molecule has 0 aromatic heterocycles. The van der Waals surface area contributed by atoms with Gasteiger partial charge in [0.05, 0.1) is 37.1 Å². The molecule has 3 rings (SSSR count). The Kier molecular flexibility index (Phi) is 3.38. The first-order valence-electron chi connectivity index (χ1n) is 7.08. The summed E-state index contributed by atoms with van der Waals surface area (Å²) in [6.45, 7) is 0.184. The Morgan fingerprint density at radius 3 is 2.52 bits per heavy atom. The minimum absolute atomic E-state index is 0.0769. The van der Waals surface area contributed by atoms with Crippen LogP contribution in [-0.4, -0.2) is 23.8 Å². The number of nitriles is 1. The van der Waals surface area contributed by atoms with E-state index in [1.807, 2.05) is 0 Å². The van der Waals surface area contributed by atoms with Crippen molar-refractivity contribution < 1.29 is 14.3 Å². The molecule has 2 fully saturated rings. The Balaban J connectivity index is 1.89. The Bertz CT molecular complexity index is 625. The second kappa shape index (κ2) is 5.21. The highest BCUT2D eigenvalue weighted by atomic mass is 16.5. The van der Waals surface area contributed by atoms with Crippen LogP contribution in [0.15, 0.2) is 18.2 Å². The summed E-state index contributed by atoms with van der Waals surface area (Å²) < 4.78 is 5.26. The number of hydrogen-bond donors (Lipinski definition) is 0. The summed E-state index contributed by atoms with van der Waals surface area (Å²) in [5.41, 5.74) is 1.18. The van der Waals surface area contributed by atoms with E-state index in [2.05, 4.69) is 6.07 Å². The van der Waals surface area contributed by atoms with Crippen LogP contribution in [0.25, 0.3) is 0 Å². The second-order valence-corrected chi connectivity index (χ2v) is 5.54. The van der Waals surface area contributed by atoms with E-state index in [-0.39, 0.29) is 30.2 Å². The fraction of sp³-hybridized carbons (Fsp3) is 0.438. The van der Waals surface area contributed by atoms with Gasteiger partial charge in [0.2, 0.25) is 11.8 Å². The van der Waals surface area contributed by atoms with Crippen molar-refractivity contribution in [3.63, 3.8) is 0 Å². The molecule has 0 spiro atoms. The van der Waals surface area contributed by atoms with Crippen molar-refractivity contribution in [2.45, 2.75) is 25.8 Å². The summed E-state index contributed by atoms with van der Waals surface area (Å²) in [6, 6.07) is 7.09. The summed E-state index contributed by atoms with van der Waals surface area (Å²) in [7, 11) is 1.53. The molecule has 2 unspecified atom stereocenters. The highest BCUT2D eigenvalue weighted by Crippen LogP contribution is 2.40. The number of hydrogen-bond acceptors (Lipinski definition) is 4. The van der Waals surface area contributed by atoms with E-state index in [1.54, 1.807) is 18.2 Å². The molecule has 21 heavy (non-hydrogen) atoms. The lowest BCUT2D eigenvalue weighted by Gasteiger charge is -2.18. The average Bonchev–Trinajstić information content (AvgIpc) is 3.07. The van der Waals surface area contributed by atoms with Crippen LogP contribution in [0.3, 0.4) is 0 Å². The minimum Gasteiger partial charge on any atom is -0.496 e. The Hall–Kier alpha value is -2.35. The van der Waals surface area contributed by atoms with Crippen molar-refractivity contribution in [3.05, 3.63) is 29.3 Å². The average molecular weight is 284 g/mol. The van der Waals surface area contributed by atoms with Crippen LogP contribution >= 0.6 is 0 Å². The molecule has 1 aliphatic carbocycles. The number of rotatable bonds is 3. The number of likely N-dealkylation sites (tertiary alicyclic amines) is 1. The molecule has 0 bridgehead atoms. The van der Waals surface area contributed by atoms with Crippen LogP contribution < -0.4 is 4.74 Å². The van der Waals surface area contributed by atoms with Gasteiger partial charge in [-0.15, -0.1) is 0 Å². The van der Waals surface area contributed by atoms with Crippen LogP contribution in [0.1, 0.15) is 30.4 Å². The van der Waals surface area contributed by atoms with Gasteiger partial charge in [-0.05, 0) is 31.0 Å². The number of fused-ring (bicyclic) bond motifs is 1. The predicted molar refractivity (Wildman–Crippen MR) is 74.1 cm³/mol. The van der Waals surface area contributed by atoms with Crippen LogP contribution in [0.2, 0.25) is 0 Å². The van der Waals surface area contributed by atoms with Gasteiger partial charge in [-0.2, -0.15) is 5.26 Å². The van der Waals surface area contributed by atoms with Crippen molar-refractivity contribution in [3.8, 4) is 11.8 Å². The quantitative estimate of drug-likeness (QED) is 0.794. The lowest BCUT2D eigenvalue weighted by molar-refractivity contribution is -0.141. The van der Waals surface area contributed by atoms with Crippen LogP contribution in [0.4, 0.5) is 0 Å². The highest BCUT2D eigenvalue weighted by Gasteiger charge is 2.49. The number of carbonyl (C=O) groups excluding carboxylic acids is 2. The first-order valence-corrected chi connectivity index (χ1v) is 7.08. The highest BCUT2D eigenvalue weighted by molar-refractivity contribution is 6.05. The molecule has 1 saturated carbocycles. The van der Waals surface area contributed by atoms with Gasteiger partial charge in [-0.25, -0.2) is 0 Å². The van der Waals surface area contributed by atoms with E-state index >= 15 is 0 Å². The molecule has 0 radical (unpaired) electrons. The standard InChI is InChI=1S/C16H16N2O3/c1-21-14-6-5-10(8-17)7-11(14)9-18-15(19)12-3-2-4-13(12)16(18)20/h5-7,12-13H,2-4,9H2,1H3. The van der Waals surface area contributed by atoms with E-state index in [0.717, 1.165) is 19.3 Å². The fourth-order valence-electron chi connectivity index (χ4n) is 3.36. The molecule has 1 heterocycles. The third-order valence-electron chi connectivity index (χ3n) is 4.42. The molecule has 2 amide bonds. The van der Waals surface area contributed by atoms with E-state index in [0.29, 0.717) is 16.9 Å². The Morgan fingerprint density at radius 2 is 1.95 bits per heavy atom. The van der Waals surface area contributed by atoms with Crippen molar-refractivity contribution in [2.75, 3.05) is 7.11 Å². The van der Waals surface area contributed by atoms with Gasteiger partial charge in [-0.3, -0.25) is 14.5 Å². The van der Waals surface area contributed by atoms with Crippen molar-refractivity contribution in [1.82, 2.24) is 4.90 Å². The van der Waals surface area contributed by atoms with E-state index in [9.17, 15) is 9.59 Å². The summed E-state index contributed by atoms with van der Waals surface area (Å²) in [5.74, 6) is 0.163. The molecule has 1 aliphatic heterocycles. The molecule has 0 N–H and O–H groups in total. The number of ether oxygens (including phenoxy) is 1. The molecule has 1 aromatic rings. The SMILES string of the molecule is COc1ccc(C#N)cc1CN1C(=O)C2CCCC2C1=O. The summed E-state index contributed by atoms with van der Waals surface area (Å²) in [5, 5.41) is 8.98. The van der Waals surface area contributed by atoms with E-state index in [1.165, 1.54) is 12.0 Å². The maximum absolute atomic E-state index is 12.4. The Morgan fingerprint density at radius 1 is 1.29 bits per heavy atom. The third kappa shape index (κ3) is 2.17. The van der Waals surface area contributed by atoms with Crippen LogP contribution in [0.5, 0.6) is 5.75 Å². The monoisotopic (exact) mass is 284 g/mol. The van der Waals surface area contributed by atoms with Crippen LogP contribution in [0, 0.1) is 23.2 Å². The van der Waals surface area contributed by atoms with Crippen molar-refractivity contribution in [1.29, 1.82) is 5.26 Å². The minimum atomic E-state index is -0.136. The van der Waals surface area contributed by atoms with Gasteiger partial charge in [0.1, 0.15) is 5.75 Å². The van der Waals surface area contributed by atoms with Gasteiger partial charge >= 0.3 is 0 Å². The van der Waals surface area contributed by atoms with Crippen molar-refractivity contribution in [2.24, 2.45) is 11.8 Å². The molecule has 2 atom stereocenters. The lowest BCUT2D eigenvalue weighted by atomic mass is 10.00. The first kappa shape index (κ1) is 13.6. The molecule has 2 aliphatic rings. The number of methoxy groups -OCH3 is 1. The molecular formula is C16H16N2O3. The Labute approximate surface area is 123 Å². The largest absolute Gasteiger partial charge is 0.496 e. The number of amides is 2. The molecule has 5 heteroatoms. The maximum atomic E-state index is 12.4. The molecule has 1 aromatic carbocycles. The first-order chi connectivity index (χ1) is 10.2. The number of imide groups is 1. The molecule has 5 nitrogen and oxygen atoms in total. The fourth-order valence-corrected chi connectivity index (χ4v) is 3.36. The summed E-state index contributed by atoms with van der Waals surface area (Å²) in [6.07, 6.45) is 2.57.